The molecule has 0 bridgehead atoms. The first-order chi connectivity index (χ1) is 14.5. The fraction of sp³-hybridized carbons (Fsp3) is 0.348. The molecule has 2 fully saturated rings. The lowest BCUT2D eigenvalue weighted by molar-refractivity contribution is -0.136. The number of imide groups is 1. The first-order valence-corrected chi connectivity index (χ1v) is 10.3. The molecule has 3 amide bonds. The second-order valence-electron chi connectivity index (χ2n) is 8.40. The van der Waals surface area contributed by atoms with E-state index in [1.807, 2.05) is 36.4 Å². The van der Waals surface area contributed by atoms with E-state index in [4.69, 9.17) is 5.73 Å². The van der Waals surface area contributed by atoms with E-state index in [9.17, 15) is 14.4 Å². The smallest absolute Gasteiger partial charge is 0.255 e. The summed E-state index contributed by atoms with van der Waals surface area (Å²) in [5.74, 6) is -0.800. The number of anilines is 1. The van der Waals surface area contributed by atoms with E-state index in [-0.39, 0.29) is 29.7 Å². The van der Waals surface area contributed by atoms with Gasteiger partial charge in [-0.2, -0.15) is 0 Å². The lowest BCUT2D eigenvalue weighted by Gasteiger charge is -2.29. The van der Waals surface area contributed by atoms with Gasteiger partial charge in [-0.15, -0.1) is 0 Å². The summed E-state index contributed by atoms with van der Waals surface area (Å²) in [6.45, 7) is 1.03. The second-order valence-corrected chi connectivity index (χ2v) is 8.40. The van der Waals surface area contributed by atoms with Crippen LogP contribution in [0.2, 0.25) is 0 Å². The summed E-state index contributed by atoms with van der Waals surface area (Å²) in [5.41, 5.74) is 10.5. The monoisotopic (exact) mass is 404 g/mol. The number of fused-ring (bicyclic) bond motifs is 1. The van der Waals surface area contributed by atoms with Crippen LogP contribution in [0.5, 0.6) is 0 Å². The van der Waals surface area contributed by atoms with E-state index in [1.165, 1.54) is 5.56 Å². The molecule has 2 aromatic carbocycles. The minimum Gasteiger partial charge on any atom is -0.399 e. The number of carbonyl (C=O) groups is 3. The molecule has 2 aromatic rings. The van der Waals surface area contributed by atoms with Crippen LogP contribution in [-0.2, 0) is 28.2 Å². The Morgan fingerprint density at radius 1 is 1.13 bits per heavy atom. The molecule has 0 spiro atoms. The summed E-state index contributed by atoms with van der Waals surface area (Å²) < 4.78 is 0. The van der Waals surface area contributed by atoms with Gasteiger partial charge in [-0.1, -0.05) is 24.3 Å². The topological polar surface area (TPSA) is 105 Å². The van der Waals surface area contributed by atoms with Crippen molar-refractivity contribution in [2.45, 2.75) is 50.4 Å². The third kappa shape index (κ3) is 3.15. The average Bonchev–Trinajstić information content (AvgIpc) is 3.45. The number of hydrogen-bond donors (Lipinski definition) is 3. The molecule has 1 unspecified atom stereocenters. The summed E-state index contributed by atoms with van der Waals surface area (Å²) in [4.78, 5) is 38.3. The fourth-order valence-electron chi connectivity index (χ4n) is 4.61. The van der Waals surface area contributed by atoms with Crippen molar-refractivity contribution in [2.24, 2.45) is 0 Å². The number of nitrogens with one attached hydrogen (secondary N) is 2. The van der Waals surface area contributed by atoms with Gasteiger partial charge in [-0.05, 0) is 54.2 Å². The fourth-order valence-corrected chi connectivity index (χ4v) is 4.61. The Bertz CT molecular complexity index is 1060. The number of piperidine rings is 1. The highest BCUT2D eigenvalue weighted by Gasteiger charge is 2.44. The second kappa shape index (κ2) is 6.95. The molecule has 7 nitrogen and oxygen atoms in total. The number of rotatable bonds is 5. The van der Waals surface area contributed by atoms with E-state index in [1.54, 1.807) is 4.90 Å². The van der Waals surface area contributed by atoms with Crippen molar-refractivity contribution in [1.29, 1.82) is 0 Å². The number of amides is 3. The first kappa shape index (κ1) is 18.8. The predicted octanol–water partition coefficient (Wildman–Crippen LogP) is 1.81. The lowest BCUT2D eigenvalue weighted by Crippen LogP contribution is -2.52. The zero-order valence-corrected chi connectivity index (χ0v) is 16.6. The Hall–Kier alpha value is -3.19. The minimum absolute atomic E-state index is 0.0655. The van der Waals surface area contributed by atoms with Crippen LogP contribution in [0, 0.1) is 0 Å². The van der Waals surface area contributed by atoms with E-state index in [2.05, 4.69) is 16.7 Å². The molecule has 1 saturated heterocycles. The SMILES string of the molecule is Nc1cccc(C2(NCc3cccc4c3CN(C3CCC(=O)NC3=O)C4=O)CC2)c1. The summed E-state index contributed by atoms with van der Waals surface area (Å²) in [6, 6.07) is 13.1. The maximum absolute atomic E-state index is 13.0. The molecule has 2 aliphatic heterocycles. The van der Waals surface area contributed by atoms with Gasteiger partial charge >= 0.3 is 0 Å². The van der Waals surface area contributed by atoms with Gasteiger partial charge in [0, 0.05) is 36.3 Å². The van der Waals surface area contributed by atoms with Gasteiger partial charge in [0.1, 0.15) is 6.04 Å². The van der Waals surface area contributed by atoms with Crippen LogP contribution in [0.3, 0.4) is 0 Å². The molecule has 1 aliphatic carbocycles. The van der Waals surface area contributed by atoms with Crippen molar-refractivity contribution < 1.29 is 14.4 Å². The number of nitrogen functional groups attached to an aromatic ring is 1. The molecule has 4 N–H and O–H groups in total. The van der Waals surface area contributed by atoms with Crippen molar-refractivity contribution in [3.05, 3.63) is 64.7 Å². The van der Waals surface area contributed by atoms with Crippen LogP contribution in [0.1, 0.15) is 52.7 Å². The third-order valence-corrected chi connectivity index (χ3v) is 6.49. The number of hydrogen-bond acceptors (Lipinski definition) is 5. The zero-order chi connectivity index (χ0) is 20.9. The predicted molar refractivity (Wildman–Crippen MR) is 111 cm³/mol. The Kier molecular flexibility index (Phi) is 4.36. The molecule has 1 atom stereocenters. The first-order valence-electron chi connectivity index (χ1n) is 10.3. The van der Waals surface area contributed by atoms with Gasteiger partial charge in [-0.3, -0.25) is 19.7 Å². The van der Waals surface area contributed by atoms with Crippen LogP contribution in [0.25, 0.3) is 0 Å². The van der Waals surface area contributed by atoms with Crippen LogP contribution in [-0.4, -0.2) is 28.7 Å². The number of nitrogens with zero attached hydrogens (tertiary/aromatic N) is 1. The number of benzene rings is 2. The number of carbonyl (C=O) groups excluding carboxylic acids is 3. The summed E-state index contributed by atoms with van der Waals surface area (Å²) in [7, 11) is 0. The van der Waals surface area contributed by atoms with E-state index >= 15 is 0 Å². The van der Waals surface area contributed by atoms with Crippen LogP contribution in [0.15, 0.2) is 42.5 Å². The summed E-state index contributed by atoms with van der Waals surface area (Å²) in [6.07, 6.45) is 2.73. The normalized spacial score (nSPS) is 22.1. The van der Waals surface area contributed by atoms with Crippen molar-refractivity contribution in [2.75, 3.05) is 5.73 Å². The molecule has 30 heavy (non-hydrogen) atoms. The molecular formula is C23H24N4O3. The molecule has 1 saturated carbocycles. The third-order valence-electron chi connectivity index (χ3n) is 6.49. The molecular weight excluding hydrogens is 380 g/mol. The van der Waals surface area contributed by atoms with Crippen molar-refractivity contribution in [3.8, 4) is 0 Å². The highest BCUT2D eigenvalue weighted by atomic mass is 16.2. The Morgan fingerprint density at radius 2 is 1.93 bits per heavy atom. The quantitative estimate of drug-likeness (QED) is 0.521. The van der Waals surface area contributed by atoms with Gasteiger partial charge in [-0.25, -0.2) is 0 Å². The number of nitrogens with two attached hydrogens (primary N) is 1. The maximum Gasteiger partial charge on any atom is 0.255 e. The molecule has 3 aliphatic rings. The van der Waals surface area contributed by atoms with E-state index in [0.717, 1.165) is 29.7 Å². The maximum atomic E-state index is 13.0. The van der Waals surface area contributed by atoms with E-state index < -0.39 is 6.04 Å². The summed E-state index contributed by atoms with van der Waals surface area (Å²) in [5, 5.41) is 6.02. The Balaban J connectivity index is 1.35. The Morgan fingerprint density at radius 3 is 2.67 bits per heavy atom. The highest BCUT2D eigenvalue weighted by molar-refractivity contribution is 6.05. The molecule has 0 aromatic heterocycles. The molecule has 0 radical (unpaired) electrons. The largest absolute Gasteiger partial charge is 0.399 e. The molecule has 5 rings (SSSR count). The Labute approximate surface area is 174 Å². The van der Waals surface area contributed by atoms with E-state index in [0.29, 0.717) is 25.1 Å². The van der Waals surface area contributed by atoms with Crippen molar-refractivity contribution >= 4 is 23.4 Å². The standard InChI is InChI=1S/C23H24N4O3/c24-16-5-2-4-15(11-16)23(9-10-23)25-12-14-3-1-6-17-18(14)13-27(22(17)30)19-7-8-20(28)26-21(19)29/h1-6,11,19,25H,7-10,12-13,24H2,(H,26,28,29). The molecule has 154 valence electrons. The lowest BCUT2D eigenvalue weighted by atomic mass is 10.0. The molecule has 7 heteroatoms. The highest BCUT2D eigenvalue weighted by Crippen LogP contribution is 2.46. The van der Waals surface area contributed by atoms with Crippen LogP contribution < -0.4 is 16.4 Å². The molecule has 2 heterocycles. The van der Waals surface area contributed by atoms with Crippen molar-refractivity contribution in [1.82, 2.24) is 15.5 Å². The van der Waals surface area contributed by atoms with Crippen molar-refractivity contribution in [3.63, 3.8) is 0 Å². The van der Waals surface area contributed by atoms with Gasteiger partial charge in [0.05, 0.1) is 0 Å². The van der Waals surface area contributed by atoms with Crippen LogP contribution >= 0.6 is 0 Å². The van der Waals surface area contributed by atoms with Gasteiger partial charge in [0.25, 0.3) is 5.91 Å². The summed E-state index contributed by atoms with van der Waals surface area (Å²) >= 11 is 0. The van der Waals surface area contributed by atoms with Gasteiger partial charge < -0.3 is 16.0 Å². The minimum atomic E-state index is -0.592. The van der Waals surface area contributed by atoms with Gasteiger partial charge in [0.15, 0.2) is 0 Å². The average molecular weight is 404 g/mol. The van der Waals surface area contributed by atoms with Crippen LogP contribution in [0.4, 0.5) is 5.69 Å². The zero-order valence-electron chi connectivity index (χ0n) is 16.6. The van der Waals surface area contributed by atoms with Gasteiger partial charge in [0.2, 0.25) is 11.8 Å².